The Morgan fingerprint density at radius 1 is 1.57 bits per heavy atom. The maximum absolute atomic E-state index is 12.5. The van der Waals surface area contributed by atoms with E-state index in [0.29, 0.717) is 0 Å². The van der Waals surface area contributed by atoms with E-state index in [-0.39, 0.29) is 5.88 Å². The van der Waals surface area contributed by atoms with Crippen LogP contribution in [0.4, 0.5) is 4.39 Å². The maximum atomic E-state index is 12.5. The van der Waals surface area contributed by atoms with Crippen molar-refractivity contribution in [2.24, 2.45) is 0 Å². The third-order valence-electron chi connectivity index (χ3n) is 1.17. The molecule has 1 N–H and O–H groups in total. The predicted octanol–water partition coefficient (Wildman–Crippen LogP) is 1.82. The minimum Gasteiger partial charge on any atom is -0.476 e. The molecule has 1 rings (SSSR count). The number of aromatic nitrogens is 1. The van der Waals surface area contributed by atoms with Gasteiger partial charge in [0.2, 0.25) is 11.8 Å². The molecule has 14 heavy (non-hydrogen) atoms. The van der Waals surface area contributed by atoms with E-state index in [1.807, 2.05) is 0 Å². The highest BCUT2D eigenvalue weighted by Gasteiger charge is 2.37. The molecule has 0 aliphatic rings. The normalized spacial score (nSPS) is 11.1. The van der Waals surface area contributed by atoms with Gasteiger partial charge in [-0.3, -0.25) is 0 Å². The number of hydrogen-bond acceptors (Lipinski definition) is 3. The van der Waals surface area contributed by atoms with E-state index in [2.05, 4.69) is 9.72 Å². The lowest BCUT2D eigenvalue weighted by atomic mass is 10.5. The van der Waals surface area contributed by atoms with Crippen LogP contribution in [0.1, 0.15) is 0 Å². The summed E-state index contributed by atoms with van der Waals surface area (Å²) in [6, 6.07) is 3.58. The molecule has 0 radical (unpaired) electrons. The van der Waals surface area contributed by atoms with E-state index in [1.165, 1.54) is 12.1 Å². The van der Waals surface area contributed by atoms with Crippen molar-refractivity contribution in [3.05, 3.63) is 24.1 Å². The molecule has 0 bridgehead atoms. The molecule has 0 amide bonds. The molecule has 0 aromatic carbocycles. The Bertz CT molecular complexity index is 359. The van der Waals surface area contributed by atoms with Gasteiger partial charge < -0.3 is 9.84 Å². The van der Waals surface area contributed by atoms with Gasteiger partial charge in [-0.25, -0.2) is 4.79 Å². The van der Waals surface area contributed by atoms with Crippen LogP contribution in [0.3, 0.4) is 0 Å². The van der Waals surface area contributed by atoms with Gasteiger partial charge in [0.15, 0.2) is 0 Å². The second-order valence-corrected chi connectivity index (χ2v) is 3.48. The molecule has 0 saturated carbocycles. The van der Waals surface area contributed by atoms with Gasteiger partial charge in [-0.2, -0.15) is 9.37 Å². The van der Waals surface area contributed by atoms with Crippen molar-refractivity contribution in [1.29, 1.82) is 0 Å². The number of alkyl halides is 2. The number of hydrogen-bond donors (Lipinski definition) is 1. The molecule has 0 unspecified atom stereocenters. The lowest BCUT2D eigenvalue weighted by molar-refractivity contribution is -0.143. The summed E-state index contributed by atoms with van der Waals surface area (Å²) in [5.74, 6) is -2.73. The summed E-state index contributed by atoms with van der Waals surface area (Å²) >= 11 is 10.5. The Hall–Kier alpha value is -1.07. The van der Waals surface area contributed by atoms with Gasteiger partial charge in [0.1, 0.15) is 0 Å². The van der Waals surface area contributed by atoms with Crippen molar-refractivity contribution in [3.8, 4) is 5.88 Å². The summed E-state index contributed by atoms with van der Waals surface area (Å²) < 4.78 is 14.6. The Kier molecular flexibility index (Phi) is 3.13. The summed E-state index contributed by atoms with van der Waals surface area (Å²) in [7, 11) is 0. The zero-order valence-corrected chi connectivity index (χ0v) is 8.09. The predicted molar refractivity (Wildman–Crippen MR) is 46.9 cm³/mol. The summed E-state index contributed by atoms with van der Waals surface area (Å²) in [5, 5.41) is 8.46. The molecule has 76 valence electrons. The fourth-order valence-corrected chi connectivity index (χ4v) is 0.780. The van der Waals surface area contributed by atoms with Crippen LogP contribution < -0.4 is 4.74 Å². The van der Waals surface area contributed by atoms with Crippen LogP contribution in [0.2, 0.25) is 0 Å². The van der Waals surface area contributed by atoms with Crippen molar-refractivity contribution in [2.75, 3.05) is 0 Å². The Balaban J connectivity index is 2.83. The summed E-state index contributed by atoms with van der Waals surface area (Å²) in [4.78, 5) is 13.6. The maximum Gasteiger partial charge on any atom is 0.381 e. The van der Waals surface area contributed by atoms with Gasteiger partial charge >= 0.3 is 10.5 Å². The molecule has 1 heterocycles. The van der Waals surface area contributed by atoms with Gasteiger partial charge in [-0.15, -0.1) is 0 Å². The standard InChI is InChI=1S/C7H4Cl2FNO3/c8-7(9,6(12)13)14-5-3-1-2-4(10)11-5/h1-3H,(H,12,13). The highest BCUT2D eigenvalue weighted by Crippen LogP contribution is 2.25. The van der Waals surface area contributed by atoms with Crippen LogP contribution in [0.25, 0.3) is 0 Å². The summed E-state index contributed by atoms with van der Waals surface area (Å²) in [5.41, 5.74) is 0. The number of ether oxygens (including phenoxy) is 1. The highest BCUT2D eigenvalue weighted by atomic mass is 35.5. The van der Waals surface area contributed by atoms with E-state index in [1.54, 1.807) is 0 Å². The SMILES string of the molecule is O=C(O)C(Cl)(Cl)Oc1cccc(F)n1. The molecule has 0 spiro atoms. The number of rotatable bonds is 3. The fraction of sp³-hybridized carbons (Fsp3) is 0.143. The molecular weight excluding hydrogens is 236 g/mol. The van der Waals surface area contributed by atoms with Crippen LogP contribution in [0.15, 0.2) is 18.2 Å². The third kappa shape index (κ3) is 2.71. The fourth-order valence-electron chi connectivity index (χ4n) is 0.621. The second kappa shape index (κ2) is 3.98. The van der Waals surface area contributed by atoms with E-state index in [4.69, 9.17) is 28.3 Å². The Labute approximate surface area is 88.2 Å². The van der Waals surface area contributed by atoms with Crippen LogP contribution in [0, 0.1) is 5.95 Å². The van der Waals surface area contributed by atoms with Crippen LogP contribution in [-0.2, 0) is 4.79 Å². The summed E-state index contributed by atoms with van der Waals surface area (Å²) in [6.07, 6.45) is 0. The van der Waals surface area contributed by atoms with E-state index in [0.717, 1.165) is 6.07 Å². The van der Waals surface area contributed by atoms with Crippen molar-refractivity contribution in [2.45, 2.75) is 4.52 Å². The summed E-state index contributed by atoms with van der Waals surface area (Å²) in [6.45, 7) is 0. The molecule has 0 aliphatic carbocycles. The van der Waals surface area contributed by atoms with Gasteiger partial charge in [-0.1, -0.05) is 6.07 Å². The molecule has 1 aromatic rings. The average molecular weight is 240 g/mol. The second-order valence-electron chi connectivity index (χ2n) is 2.22. The Morgan fingerprint density at radius 3 is 2.71 bits per heavy atom. The quantitative estimate of drug-likeness (QED) is 0.646. The highest BCUT2D eigenvalue weighted by molar-refractivity contribution is 6.56. The smallest absolute Gasteiger partial charge is 0.381 e. The van der Waals surface area contributed by atoms with Crippen LogP contribution in [-0.4, -0.2) is 20.6 Å². The average Bonchev–Trinajstić information content (AvgIpc) is 2.02. The van der Waals surface area contributed by atoms with E-state index >= 15 is 0 Å². The zero-order valence-electron chi connectivity index (χ0n) is 6.58. The van der Waals surface area contributed by atoms with Gasteiger partial charge in [0, 0.05) is 6.07 Å². The first-order valence-electron chi connectivity index (χ1n) is 3.34. The van der Waals surface area contributed by atoms with E-state index < -0.39 is 16.4 Å². The van der Waals surface area contributed by atoms with Crippen LogP contribution >= 0.6 is 23.2 Å². The van der Waals surface area contributed by atoms with Crippen molar-refractivity contribution in [3.63, 3.8) is 0 Å². The molecule has 0 atom stereocenters. The molecular formula is C7H4Cl2FNO3. The van der Waals surface area contributed by atoms with Gasteiger partial charge in [-0.05, 0) is 29.3 Å². The largest absolute Gasteiger partial charge is 0.476 e. The lowest BCUT2D eigenvalue weighted by Gasteiger charge is -2.14. The minimum absolute atomic E-state index is 0.308. The molecule has 0 aliphatic heterocycles. The van der Waals surface area contributed by atoms with Crippen LogP contribution in [0.5, 0.6) is 5.88 Å². The first-order valence-corrected chi connectivity index (χ1v) is 4.10. The number of aliphatic carboxylic acids is 1. The number of halogens is 3. The number of nitrogens with zero attached hydrogens (tertiary/aromatic N) is 1. The molecule has 4 nitrogen and oxygen atoms in total. The first kappa shape index (κ1) is 11.0. The molecule has 0 saturated heterocycles. The van der Waals surface area contributed by atoms with Crippen molar-refractivity contribution in [1.82, 2.24) is 4.98 Å². The van der Waals surface area contributed by atoms with Crippen molar-refractivity contribution >= 4 is 29.2 Å². The Morgan fingerprint density at radius 2 is 2.21 bits per heavy atom. The van der Waals surface area contributed by atoms with E-state index in [9.17, 15) is 9.18 Å². The lowest BCUT2D eigenvalue weighted by Crippen LogP contribution is -2.32. The monoisotopic (exact) mass is 239 g/mol. The topological polar surface area (TPSA) is 59.4 Å². The molecule has 1 aromatic heterocycles. The number of carboxylic acid groups (broad SMARTS) is 1. The van der Waals surface area contributed by atoms with Crippen molar-refractivity contribution < 1.29 is 19.0 Å². The molecule has 0 fully saturated rings. The first-order chi connectivity index (χ1) is 6.42. The molecule has 7 heteroatoms. The van der Waals surface area contributed by atoms with Gasteiger partial charge in [0.05, 0.1) is 0 Å². The number of carbonyl (C=O) groups is 1. The number of pyridine rings is 1. The number of carboxylic acids is 1. The van der Waals surface area contributed by atoms with Gasteiger partial charge in [0.25, 0.3) is 0 Å². The minimum atomic E-state index is -2.47. The zero-order chi connectivity index (χ0) is 10.8. The third-order valence-corrected chi connectivity index (χ3v) is 1.65.